The molecule has 0 saturated heterocycles. The second-order valence-corrected chi connectivity index (χ2v) is 8.98. The molecule has 0 atom stereocenters. The standard InChI is InChI=1S/C27H36N4OS/c1-6-21-9-11-23(12-10-21)28-27(33)31(14-13-30(7-2)8-3)18-22-17-24-20(5)15-19(4)16-25(24)29-26(22)32/h9-12,15-17H,6-8,13-14,18H2,1-5H3,(H,28,33)(H,29,32). The normalized spacial score (nSPS) is 11.2. The van der Waals surface area contributed by atoms with Gasteiger partial charge in [-0.15, -0.1) is 0 Å². The van der Waals surface area contributed by atoms with Gasteiger partial charge in [0, 0.05) is 35.2 Å². The summed E-state index contributed by atoms with van der Waals surface area (Å²) in [5, 5.41) is 5.08. The van der Waals surface area contributed by atoms with Crippen molar-refractivity contribution >= 4 is 33.9 Å². The lowest BCUT2D eigenvalue weighted by molar-refractivity contribution is 0.266. The summed E-state index contributed by atoms with van der Waals surface area (Å²) in [6.07, 6.45) is 1.00. The molecule has 6 heteroatoms. The van der Waals surface area contributed by atoms with Crippen LogP contribution in [0, 0.1) is 13.8 Å². The number of aryl methyl sites for hydroxylation is 3. The van der Waals surface area contributed by atoms with E-state index in [4.69, 9.17) is 12.2 Å². The first-order valence-electron chi connectivity index (χ1n) is 11.8. The summed E-state index contributed by atoms with van der Waals surface area (Å²) in [5.74, 6) is 0. The van der Waals surface area contributed by atoms with Crippen LogP contribution in [0.5, 0.6) is 0 Å². The van der Waals surface area contributed by atoms with Crippen molar-refractivity contribution in [2.75, 3.05) is 31.5 Å². The first-order chi connectivity index (χ1) is 15.8. The Kier molecular flexibility index (Phi) is 8.64. The number of anilines is 1. The van der Waals surface area contributed by atoms with Crippen LogP contribution < -0.4 is 10.9 Å². The highest BCUT2D eigenvalue weighted by Gasteiger charge is 2.15. The smallest absolute Gasteiger partial charge is 0.253 e. The fourth-order valence-corrected chi connectivity index (χ4v) is 4.39. The van der Waals surface area contributed by atoms with Crippen LogP contribution in [0.1, 0.15) is 43.0 Å². The zero-order chi connectivity index (χ0) is 24.0. The molecule has 1 aromatic heterocycles. The number of aromatic amines is 1. The number of H-pyrrole nitrogens is 1. The van der Waals surface area contributed by atoms with Gasteiger partial charge in [0.2, 0.25) is 0 Å². The number of rotatable bonds is 9. The molecular formula is C27H36N4OS. The molecule has 0 fully saturated rings. The topological polar surface area (TPSA) is 51.4 Å². The molecule has 0 saturated carbocycles. The number of likely N-dealkylation sites (N-methyl/N-ethyl adjacent to an activating group) is 1. The average Bonchev–Trinajstić information content (AvgIpc) is 2.79. The Labute approximate surface area is 202 Å². The lowest BCUT2D eigenvalue weighted by atomic mass is 10.0. The van der Waals surface area contributed by atoms with E-state index in [1.165, 1.54) is 5.56 Å². The lowest BCUT2D eigenvalue weighted by Gasteiger charge is -2.29. The minimum atomic E-state index is -0.0598. The number of thiocarbonyl (C=S) groups is 1. The van der Waals surface area contributed by atoms with Crippen LogP contribution in [0.25, 0.3) is 10.9 Å². The molecule has 3 aromatic rings. The van der Waals surface area contributed by atoms with E-state index < -0.39 is 0 Å². The average molecular weight is 465 g/mol. The van der Waals surface area contributed by atoms with Crippen molar-refractivity contribution in [3.05, 3.63) is 75.1 Å². The van der Waals surface area contributed by atoms with Gasteiger partial charge in [0.05, 0.1) is 6.54 Å². The number of fused-ring (bicyclic) bond motifs is 1. The minimum Gasteiger partial charge on any atom is -0.343 e. The number of nitrogens with one attached hydrogen (secondary N) is 2. The number of hydrogen-bond donors (Lipinski definition) is 2. The van der Waals surface area contributed by atoms with Gasteiger partial charge in [0.1, 0.15) is 0 Å². The van der Waals surface area contributed by atoms with Crippen LogP contribution in [-0.4, -0.2) is 46.1 Å². The number of hydrogen-bond acceptors (Lipinski definition) is 3. The fraction of sp³-hybridized carbons (Fsp3) is 0.407. The van der Waals surface area contributed by atoms with Crippen LogP contribution in [0.15, 0.2) is 47.3 Å². The fourth-order valence-electron chi connectivity index (χ4n) is 4.12. The molecule has 0 radical (unpaired) electrons. The molecule has 0 aliphatic heterocycles. The van der Waals surface area contributed by atoms with Crippen molar-refractivity contribution in [3.8, 4) is 0 Å². The molecule has 5 nitrogen and oxygen atoms in total. The molecule has 0 unspecified atom stereocenters. The van der Waals surface area contributed by atoms with E-state index in [2.05, 4.69) is 78.1 Å². The summed E-state index contributed by atoms with van der Waals surface area (Å²) in [5.41, 5.74) is 6.10. The maximum absolute atomic E-state index is 12.9. The zero-order valence-electron chi connectivity index (χ0n) is 20.5. The molecular weight excluding hydrogens is 428 g/mol. The van der Waals surface area contributed by atoms with Crippen LogP contribution in [0.2, 0.25) is 0 Å². The number of pyridine rings is 1. The quantitative estimate of drug-likeness (QED) is 0.424. The van der Waals surface area contributed by atoms with Gasteiger partial charge in [0.15, 0.2) is 5.11 Å². The molecule has 2 N–H and O–H groups in total. The highest BCUT2D eigenvalue weighted by molar-refractivity contribution is 7.80. The van der Waals surface area contributed by atoms with Gasteiger partial charge in [-0.3, -0.25) is 4.79 Å². The molecule has 1 heterocycles. The molecule has 176 valence electrons. The molecule has 0 aliphatic rings. The summed E-state index contributed by atoms with van der Waals surface area (Å²) < 4.78 is 0. The molecule has 2 aromatic carbocycles. The summed E-state index contributed by atoms with van der Waals surface area (Å²) >= 11 is 5.81. The van der Waals surface area contributed by atoms with Gasteiger partial charge in [0.25, 0.3) is 5.56 Å². The highest BCUT2D eigenvalue weighted by Crippen LogP contribution is 2.19. The Bertz CT molecular complexity index is 1150. The molecule has 0 amide bonds. The van der Waals surface area contributed by atoms with Gasteiger partial charge in [-0.25, -0.2) is 0 Å². The Morgan fingerprint density at radius 1 is 1.00 bits per heavy atom. The maximum Gasteiger partial charge on any atom is 0.253 e. The monoisotopic (exact) mass is 464 g/mol. The predicted molar refractivity (Wildman–Crippen MR) is 144 cm³/mol. The second kappa shape index (κ2) is 11.4. The van der Waals surface area contributed by atoms with E-state index in [1.54, 1.807) is 0 Å². The molecule has 0 aliphatic carbocycles. The second-order valence-electron chi connectivity index (χ2n) is 8.60. The third-order valence-corrected chi connectivity index (χ3v) is 6.59. The Hall–Kier alpha value is -2.70. The highest BCUT2D eigenvalue weighted by atomic mass is 32.1. The molecule has 33 heavy (non-hydrogen) atoms. The third kappa shape index (κ3) is 6.42. The summed E-state index contributed by atoms with van der Waals surface area (Å²) in [4.78, 5) is 20.5. The van der Waals surface area contributed by atoms with Crippen molar-refractivity contribution in [1.29, 1.82) is 0 Å². The van der Waals surface area contributed by atoms with Gasteiger partial charge < -0.3 is 20.1 Å². The van der Waals surface area contributed by atoms with Crippen LogP contribution >= 0.6 is 12.2 Å². The number of aromatic nitrogens is 1. The maximum atomic E-state index is 12.9. The minimum absolute atomic E-state index is 0.0598. The predicted octanol–water partition coefficient (Wildman–Crippen LogP) is 5.25. The van der Waals surface area contributed by atoms with E-state index in [0.717, 1.165) is 65.9 Å². The van der Waals surface area contributed by atoms with E-state index in [0.29, 0.717) is 11.7 Å². The lowest BCUT2D eigenvalue weighted by Crippen LogP contribution is -2.41. The SMILES string of the molecule is CCc1ccc(NC(=S)N(CCN(CC)CC)Cc2cc3c(C)cc(C)cc3[nH]c2=O)cc1. The summed E-state index contributed by atoms with van der Waals surface area (Å²) in [7, 11) is 0. The van der Waals surface area contributed by atoms with Crippen molar-refractivity contribution in [2.24, 2.45) is 0 Å². The largest absolute Gasteiger partial charge is 0.343 e. The van der Waals surface area contributed by atoms with Crippen molar-refractivity contribution < 1.29 is 0 Å². The number of benzene rings is 2. The Morgan fingerprint density at radius 3 is 2.33 bits per heavy atom. The Balaban J connectivity index is 1.87. The molecule has 0 spiro atoms. The van der Waals surface area contributed by atoms with E-state index >= 15 is 0 Å². The van der Waals surface area contributed by atoms with Gasteiger partial charge in [-0.2, -0.15) is 0 Å². The van der Waals surface area contributed by atoms with Gasteiger partial charge in [-0.05, 0) is 86.5 Å². The Morgan fingerprint density at radius 2 is 1.70 bits per heavy atom. The summed E-state index contributed by atoms with van der Waals surface area (Å²) in [6.45, 7) is 14.7. The van der Waals surface area contributed by atoms with Crippen molar-refractivity contribution in [2.45, 2.75) is 47.6 Å². The van der Waals surface area contributed by atoms with E-state index in [-0.39, 0.29) is 5.56 Å². The molecule has 0 bridgehead atoms. The molecule has 3 rings (SSSR count). The summed E-state index contributed by atoms with van der Waals surface area (Å²) in [6, 6.07) is 14.5. The first-order valence-corrected chi connectivity index (χ1v) is 12.3. The number of nitrogens with zero attached hydrogens (tertiary/aromatic N) is 2. The van der Waals surface area contributed by atoms with Crippen LogP contribution in [0.3, 0.4) is 0 Å². The van der Waals surface area contributed by atoms with Crippen molar-refractivity contribution in [3.63, 3.8) is 0 Å². The van der Waals surface area contributed by atoms with E-state index in [1.807, 2.05) is 19.1 Å². The first kappa shape index (κ1) is 24.9. The van der Waals surface area contributed by atoms with Gasteiger partial charge >= 0.3 is 0 Å². The van der Waals surface area contributed by atoms with Crippen LogP contribution in [-0.2, 0) is 13.0 Å². The van der Waals surface area contributed by atoms with Gasteiger partial charge in [-0.1, -0.05) is 39.0 Å². The van der Waals surface area contributed by atoms with Crippen molar-refractivity contribution in [1.82, 2.24) is 14.8 Å². The van der Waals surface area contributed by atoms with E-state index in [9.17, 15) is 4.79 Å². The zero-order valence-corrected chi connectivity index (χ0v) is 21.3. The van der Waals surface area contributed by atoms with Crippen LogP contribution in [0.4, 0.5) is 5.69 Å². The third-order valence-electron chi connectivity index (χ3n) is 6.23.